The summed E-state index contributed by atoms with van der Waals surface area (Å²) in [5, 5.41) is 10.1. The monoisotopic (exact) mass is 320 g/mol. The van der Waals surface area contributed by atoms with E-state index in [-0.39, 0.29) is 23.7 Å². The minimum Gasteiger partial charge on any atom is -0.494 e. The number of aliphatic hydroxyl groups is 1. The summed E-state index contributed by atoms with van der Waals surface area (Å²) >= 11 is 0. The average Bonchev–Trinajstić information content (AvgIpc) is 2.35. The molecule has 6 nitrogen and oxygen atoms in total. The van der Waals surface area contributed by atoms with Gasteiger partial charge in [0.1, 0.15) is 0 Å². The van der Waals surface area contributed by atoms with E-state index in [2.05, 4.69) is 4.72 Å². The highest BCUT2D eigenvalue weighted by atomic mass is 32.2. The van der Waals surface area contributed by atoms with E-state index in [1.165, 1.54) is 26.2 Å². The maximum atomic E-state index is 13.6. The van der Waals surface area contributed by atoms with Crippen LogP contribution in [0.3, 0.4) is 0 Å². The highest BCUT2D eigenvalue weighted by Crippen LogP contribution is 2.20. The molecule has 0 radical (unpaired) electrons. The van der Waals surface area contributed by atoms with E-state index in [1.807, 2.05) is 0 Å². The van der Waals surface area contributed by atoms with Crippen LogP contribution in [0.5, 0.6) is 5.75 Å². The van der Waals surface area contributed by atoms with Crippen LogP contribution in [0.2, 0.25) is 0 Å². The fourth-order valence-electron chi connectivity index (χ4n) is 1.89. The average molecular weight is 320 g/mol. The van der Waals surface area contributed by atoms with Crippen molar-refractivity contribution in [1.82, 2.24) is 9.62 Å². The van der Waals surface area contributed by atoms with Gasteiger partial charge in [0.15, 0.2) is 11.6 Å². The van der Waals surface area contributed by atoms with Crippen molar-refractivity contribution in [3.63, 3.8) is 0 Å². The van der Waals surface area contributed by atoms with Crippen molar-refractivity contribution in [1.29, 1.82) is 0 Å². The molecule has 0 saturated heterocycles. The topological polar surface area (TPSA) is 78.9 Å². The van der Waals surface area contributed by atoms with Gasteiger partial charge in [0.2, 0.25) is 10.0 Å². The summed E-state index contributed by atoms with van der Waals surface area (Å²) in [6.07, 6.45) is 0. The number of nitrogens with zero attached hydrogens (tertiary/aromatic N) is 1. The number of sulfonamides is 1. The lowest BCUT2D eigenvalue weighted by atomic mass is 10.1. The zero-order valence-corrected chi connectivity index (χ0v) is 13.4. The quantitative estimate of drug-likeness (QED) is 0.761. The predicted molar refractivity (Wildman–Crippen MR) is 77.3 cm³/mol. The van der Waals surface area contributed by atoms with Gasteiger partial charge in [-0.1, -0.05) is 0 Å². The van der Waals surface area contributed by atoms with Gasteiger partial charge >= 0.3 is 0 Å². The summed E-state index contributed by atoms with van der Waals surface area (Å²) in [6, 6.07) is 3.36. The normalized spacial score (nSPS) is 15.0. The number of likely N-dealkylation sites (N-methyl/N-ethyl adjacent to an activating group) is 1. The Morgan fingerprint density at radius 3 is 2.52 bits per heavy atom. The lowest BCUT2D eigenvalue weighted by Gasteiger charge is -2.27. The number of rotatable bonds is 7. The third-order valence-electron chi connectivity index (χ3n) is 2.73. The first-order valence-electron chi connectivity index (χ1n) is 6.28. The molecule has 1 unspecified atom stereocenters. The number of hydrogen-bond acceptors (Lipinski definition) is 5. The van der Waals surface area contributed by atoms with E-state index in [0.717, 1.165) is 6.07 Å². The van der Waals surface area contributed by atoms with Crippen LogP contribution in [0.1, 0.15) is 6.92 Å². The van der Waals surface area contributed by atoms with Crippen LogP contribution in [-0.2, 0) is 10.0 Å². The molecule has 0 aromatic heterocycles. The van der Waals surface area contributed by atoms with Gasteiger partial charge in [-0.05, 0) is 39.2 Å². The lowest BCUT2D eigenvalue weighted by molar-refractivity contribution is 0.0386. The van der Waals surface area contributed by atoms with Crippen LogP contribution in [0.25, 0.3) is 0 Å². The molecule has 0 aliphatic rings. The first-order chi connectivity index (χ1) is 9.57. The Morgan fingerprint density at radius 1 is 1.43 bits per heavy atom. The number of hydrogen-bond donors (Lipinski definition) is 2. The Morgan fingerprint density at radius 2 is 2.05 bits per heavy atom. The van der Waals surface area contributed by atoms with Gasteiger partial charge < -0.3 is 14.7 Å². The summed E-state index contributed by atoms with van der Waals surface area (Å²) in [4.78, 5) is 1.52. The molecule has 1 rings (SSSR count). The summed E-state index contributed by atoms with van der Waals surface area (Å²) in [5.74, 6) is -0.797. The number of halogens is 1. The highest BCUT2D eigenvalue weighted by molar-refractivity contribution is 7.89. The molecular formula is C13H21FN2O4S. The number of nitrogens with one attached hydrogen (secondary N) is 1. The Labute approximate surface area is 124 Å². The van der Waals surface area contributed by atoms with Crippen LogP contribution >= 0.6 is 0 Å². The van der Waals surface area contributed by atoms with Gasteiger partial charge in [0.25, 0.3) is 0 Å². The summed E-state index contributed by atoms with van der Waals surface area (Å²) in [7, 11) is 0.925. The van der Waals surface area contributed by atoms with Gasteiger partial charge in [-0.25, -0.2) is 17.5 Å². The lowest BCUT2D eigenvalue weighted by Crippen LogP contribution is -2.47. The SMILES string of the molecule is COc1ccc(S(=O)(=O)NCC(C)(O)CN(C)C)cc1F. The van der Waals surface area contributed by atoms with E-state index in [9.17, 15) is 17.9 Å². The molecule has 0 aliphatic carbocycles. The van der Waals surface area contributed by atoms with Crippen molar-refractivity contribution in [2.75, 3.05) is 34.3 Å². The van der Waals surface area contributed by atoms with Crippen LogP contribution in [0, 0.1) is 5.82 Å². The molecule has 1 aromatic carbocycles. The molecule has 0 aliphatic heterocycles. The van der Waals surface area contributed by atoms with Crippen LogP contribution < -0.4 is 9.46 Å². The largest absolute Gasteiger partial charge is 0.494 e. The van der Waals surface area contributed by atoms with Crippen molar-refractivity contribution in [2.45, 2.75) is 17.4 Å². The second kappa shape index (κ2) is 6.69. The minimum atomic E-state index is -3.90. The molecule has 8 heteroatoms. The molecule has 0 heterocycles. The van der Waals surface area contributed by atoms with Crippen molar-refractivity contribution < 1.29 is 22.7 Å². The number of ether oxygens (including phenoxy) is 1. The molecule has 1 aromatic rings. The summed E-state index contributed by atoms with van der Waals surface area (Å²) in [6.45, 7) is 1.62. The third kappa shape index (κ3) is 5.24. The molecule has 0 fully saturated rings. The van der Waals surface area contributed by atoms with E-state index in [1.54, 1.807) is 19.0 Å². The van der Waals surface area contributed by atoms with Crippen molar-refractivity contribution in [3.05, 3.63) is 24.0 Å². The molecule has 0 bridgehead atoms. The van der Waals surface area contributed by atoms with Gasteiger partial charge in [0.05, 0.1) is 17.6 Å². The maximum absolute atomic E-state index is 13.6. The molecule has 21 heavy (non-hydrogen) atoms. The fraction of sp³-hybridized carbons (Fsp3) is 0.538. The fourth-order valence-corrected chi connectivity index (χ4v) is 3.06. The van der Waals surface area contributed by atoms with Gasteiger partial charge in [-0.15, -0.1) is 0 Å². The van der Waals surface area contributed by atoms with Crippen LogP contribution in [-0.4, -0.2) is 58.3 Å². The number of benzene rings is 1. The Hall–Kier alpha value is -1.22. The van der Waals surface area contributed by atoms with E-state index >= 15 is 0 Å². The van der Waals surface area contributed by atoms with Gasteiger partial charge in [-0.3, -0.25) is 0 Å². The molecule has 120 valence electrons. The smallest absolute Gasteiger partial charge is 0.240 e. The third-order valence-corrected chi connectivity index (χ3v) is 4.13. The summed E-state index contributed by atoms with van der Waals surface area (Å²) < 4.78 is 44.7. The van der Waals surface area contributed by atoms with E-state index in [4.69, 9.17) is 4.74 Å². The molecule has 0 saturated carbocycles. The van der Waals surface area contributed by atoms with Crippen LogP contribution in [0.15, 0.2) is 23.1 Å². The zero-order valence-electron chi connectivity index (χ0n) is 12.6. The minimum absolute atomic E-state index is 0.0337. The van der Waals surface area contributed by atoms with Crippen LogP contribution in [0.4, 0.5) is 4.39 Å². The van der Waals surface area contributed by atoms with Crippen molar-refractivity contribution in [3.8, 4) is 5.75 Å². The summed E-state index contributed by atoms with van der Waals surface area (Å²) in [5.41, 5.74) is -1.23. The zero-order chi connectivity index (χ0) is 16.3. The molecule has 0 spiro atoms. The first-order valence-corrected chi connectivity index (χ1v) is 7.76. The van der Waals surface area contributed by atoms with E-state index in [0.29, 0.717) is 0 Å². The number of methoxy groups -OCH3 is 1. The molecular weight excluding hydrogens is 299 g/mol. The Balaban J connectivity index is 2.85. The first kappa shape index (κ1) is 17.8. The van der Waals surface area contributed by atoms with Crippen molar-refractivity contribution >= 4 is 10.0 Å². The molecule has 1 atom stereocenters. The standard InChI is InChI=1S/C13H21FN2O4S/c1-13(17,9-16(2)3)8-15-21(18,19)10-5-6-12(20-4)11(14)7-10/h5-7,15,17H,8-9H2,1-4H3. The molecule has 0 amide bonds. The van der Waals surface area contributed by atoms with Gasteiger partial charge in [-0.2, -0.15) is 0 Å². The maximum Gasteiger partial charge on any atom is 0.240 e. The molecule has 2 N–H and O–H groups in total. The van der Waals surface area contributed by atoms with E-state index < -0.39 is 21.4 Å². The predicted octanol–water partition coefficient (Wildman–Crippen LogP) is 0.425. The Bertz CT molecular complexity index is 588. The second-order valence-electron chi connectivity index (χ2n) is 5.36. The Kier molecular flexibility index (Phi) is 5.68. The van der Waals surface area contributed by atoms with Gasteiger partial charge in [0, 0.05) is 13.1 Å². The second-order valence-corrected chi connectivity index (χ2v) is 7.12. The van der Waals surface area contributed by atoms with Crippen molar-refractivity contribution in [2.24, 2.45) is 0 Å². The highest BCUT2D eigenvalue weighted by Gasteiger charge is 2.25.